The van der Waals surface area contributed by atoms with Crippen molar-refractivity contribution < 1.29 is 9.90 Å². The highest BCUT2D eigenvalue weighted by molar-refractivity contribution is 5.70. The van der Waals surface area contributed by atoms with Crippen molar-refractivity contribution in [2.24, 2.45) is 0 Å². The number of rotatable bonds is 5. The molecular formula is C14H14N4O2. The Bertz CT molecular complexity index is 653. The Morgan fingerprint density at radius 1 is 1.40 bits per heavy atom. The number of hydrogen-bond acceptors (Lipinski definition) is 4. The summed E-state index contributed by atoms with van der Waals surface area (Å²) in [7, 11) is 0. The monoisotopic (exact) mass is 270 g/mol. The van der Waals surface area contributed by atoms with Gasteiger partial charge in [-0.15, -0.1) is 5.10 Å². The smallest absolute Gasteiger partial charge is 0.307 e. The summed E-state index contributed by atoms with van der Waals surface area (Å²) in [6.07, 6.45) is 1.59. The summed E-state index contributed by atoms with van der Waals surface area (Å²) in [5.41, 5.74) is 2.61. The van der Waals surface area contributed by atoms with Gasteiger partial charge in [-0.05, 0) is 24.1 Å². The molecule has 0 aliphatic rings. The molecule has 0 atom stereocenters. The molecule has 1 aromatic carbocycles. The summed E-state index contributed by atoms with van der Waals surface area (Å²) >= 11 is 0. The quantitative estimate of drug-likeness (QED) is 0.893. The van der Waals surface area contributed by atoms with Crippen molar-refractivity contribution in [3.05, 3.63) is 41.2 Å². The van der Waals surface area contributed by atoms with Crippen LogP contribution in [0.1, 0.15) is 30.3 Å². The lowest BCUT2D eigenvalue weighted by molar-refractivity contribution is -0.136. The second-order valence-electron chi connectivity index (χ2n) is 4.40. The highest BCUT2D eigenvalue weighted by atomic mass is 16.4. The molecule has 0 saturated heterocycles. The maximum absolute atomic E-state index is 10.6. The van der Waals surface area contributed by atoms with Crippen molar-refractivity contribution in [1.82, 2.24) is 15.0 Å². The Hall–Kier alpha value is -2.68. The Morgan fingerprint density at radius 3 is 2.65 bits per heavy atom. The molecule has 0 radical (unpaired) electrons. The minimum absolute atomic E-state index is 0.0110. The molecule has 0 aliphatic carbocycles. The summed E-state index contributed by atoms with van der Waals surface area (Å²) < 4.78 is 1.63. The lowest BCUT2D eigenvalue weighted by atomic mass is 10.1. The van der Waals surface area contributed by atoms with Gasteiger partial charge in [0.25, 0.3) is 0 Å². The van der Waals surface area contributed by atoms with Crippen LogP contribution in [0, 0.1) is 11.3 Å². The predicted molar refractivity (Wildman–Crippen MR) is 71.4 cm³/mol. The topological polar surface area (TPSA) is 91.8 Å². The van der Waals surface area contributed by atoms with Crippen LogP contribution in [0.15, 0.2) is 24.3 Å². The third kappa shape index (κ3) is 2.83. The molecule has 0 saturated carbocycles. The van der Waals surface area contributed by atoms with E-state index in [0.717, 1.165) is 23.4 Å². The lowest BCUT2D eigenvalue weighted by Gasteiger charge is -2.06. The fourth-order valence-electron chi connectivity index (χ4n) is 1.99. The molecule has 20 heavy (non-hydrogen) atoms. The van der Waals surface area contributed by atoms with Gasteiger partial charge < -0.3 is 5.11 Å². The van der Waals surface area contributed by atoms with E-state index in [1.807, 2.05) is 13.0 Å². The molecule has 2 rings (SSSR count). The molecule has 1 aromatic heterocycles. The molecule has 1 heterocycles. The van der Waals surface area contributed by atoms with Gasteiger partial charge in [0.2, 0.25) is 0 Å². The zero-order valence-corrected chi connectivity index (χ0v) is 11.1. The third-order valence-electron chi connectivity index (χ3n) is 2.89. The van der Waals surface area contributed by atoms with Gasteiger partial charge in [-0.25, -0.2) is 4.68 Å². The fraction of sp³-hybridized carbons (Fsp3) is 0.286. The number of carboxylic acid groups (broad SMARTS) is 1. The largest absolute Gasteiger partial charge is 0.481 e. The van der Waals surface area contributed by atoms with Crippen molar-refractivity contribution >= 4 is 5.97 Å². The third-order valence-corrected chi connectivity index (χ3v) is 2.89. The van der Waals surface area contributed by atoms with Crippen LogP contribution in [0.25, 0.3) is 5.69 Å². The van der Waals surface area contributed by atoms with Gasteiger partial charge in [-0.1, -0.05) is 30.7 Å². The normalized spacial score (nSPS) is 10.2. The van der Waals surface area contributed by atoms with Gasteiger partial charge in [-0.3, -0.25) is 4.79 Å². The molecule has 1 N–H and O–H groups in total. The van der Waals surface area contributed by atoms with Crippen LogP contribution in [-0.2, 0) is 17.6 Å². The van der Waals surface area contributed by atoms with E-state index >= 15 is 0 Å². The molecule has 0 aliphatic heterocycles. The average molecular weight is 270 g/mol. The summed E-state index contributed by atoms with van der Waals surface area (Å²) in [4.78, 5) is 10.6. The van der Waals surface area contributed by atoms with Crippen LogP contribution >= 0.6 is 0 Å². The van der Waals surface area contributed by atoms with Gasteiger partial charge >= 0.3 is 5.97 Å². The average Bonchev–Trinajstić information content (AvgIpc) is 2.82. The molecule has 2 aromatic rings. The summed E-state index contributed by atoms with van der Waals surface area (Å²) in [5, 5.41) is 25.6. The summed E-state index contributed by atoms with van der Waals surface area (Å²) in [6.45, 7) is 2.02. The van der Waals surface area contributed by atoms with Crippen molar-refractivity contribution in [2.75, 3.05) is 0 Å². The molecule has 0 bridgehead atoms. The van der Waals surface area contributed by atoms with E-state index in [1.54, 1.807) is 28.9 Å². The van der Waals surface area contributed by atoms with Gasteiger partial charge in [0.1, 0.15) is 6.07 Å². The highest BCUT2D eigenvalue weighted by Gasteiger charge is 2.13. The van der Waals surface area contributed by atoms with E-state index in [9.17, 15) is 4.79 Å². The molecule has 0 unspecified atom stereocenters. The molecular weight excluding hydrogens is 256 g/mol. The zero-order chi connectivity index (χ0) is 14.5. The first kappa shape index (κ1) is 13.7. The van der Waals surface area contributed by atoms with Gasteiger partial charge in [0.05, 0.1) is 17.8 Å². The van der Waals surface area contributed by atoms with Gasteiger partial charge in [0, 0.05) is 0 Å². The molecule has 6 nitrogen and oxygen atoms in total. The first-order valence-electron chi connectivity index (χ1n) is 6.31. The van der Waals surface area contributed by atoms with E-state index < -0.39 is 5.97 Å². The summed E-state index contributed by atoms with van der Waals surface area (Å²) in [6, 6.07) is 9.09. The minimum Gasteiger partial charge on any atom is -0.481 e. The summed E-state index contributed by atoms with van der Waals surface area (Å²) in [5.74, 6) is -0.864. The number of carbonyl (C=O) groups is 1. The fourth-order valence-corrected chi connectivity index (χ4v) is 1.99. The Morgan fingerprint density at radius 2 is 2.10 bits per heavy atom. The van der Waals surface area contributed by atoms with Crippen LogP contribution in [0.3, 0.4) is 0 Å². The number of hydrogen-bond donors (Lipinski definition) is 1. The van der Waals surface area contributed by atoms with E-state index in [4.69, 9.17) is 10.4 Å². The first-order chi connectivity index (χ1) is 9.65. The van der Waals surface area contributed by atoms with Crippen LogP contribution in [0.2, 0.25) is 0 Å². The number of carboxylic acids is 1. The number of nitrogens with zero attached hydrogens (tertiary/aromatic N) is 4. The second kappa shape index (κ2) is 5.97. The molecule has 0 fully saturated rings. The van der Waals surface area contributed by atoms with E-state index in [1.165, 1.54) is 0 Å². The number of aliphatic carboxylic acids is 1. The van der Waals surface area contributed by atoms with Crippen molar-refractivity contribution in [1.29, 1.82) is 5.26 Å². The van der Waals surface area contributed by atoms with E-state index in [0.29, 0.717) is 12.1 Å². The predicted octanol–water partition coefficient (Wildman–Crippen LogP) is 1.72. The molecule has 0 amide bonds. The molecule has 6 heteroatoms. The van der Waals surface area contributed by atoms with Crippen molar-refractivity contribution in [2.45, 2.75) is 26.2 Å². The number of aromatic nitrogens is 3. The van der Waals surface area contributed by atoms with E-state index in [-0.39, 0.29) is 6.42 Å². The van der Waals surface area contributed by atoms with E-state index in [2.05, 4.69) is 10.3 Å². The maximum Gasteiger partial charge on any atom is 0.307 e. The molecule has 0 spiro atoms. The number of nitriles is 1. The highest BCUT2D eigenvalue weighted by Crippen LogP contribution is 2.15. The first-order valence-corrected chi connectivity index (χ1v) is 6.31. The zero-order valence-electron chi connectivity index (χ0n) is 11.1. The van der Waals surface area contributed by atoms with Crippen molar-refractivity contribution in [3.63, 3.8) is 0 Å². The Balaban J connectivity index is 2.34. The molecule has 102 valence electrons. The van der Waals surface area contributed by atoms with Crippen LogP contribution < -0.4 is 0 Å². The standard InChI is InChI=1S/C14H14N4O2/c1-2-3-13-12(9-15)16-17-18(13)11-6-4-10(5-7-11)8-14(19)20/h4-7H,2-3,8H2,1H3,(H,19,20). The SMILES string of the molecule is CCCc1c(C#N)nnn1-c1ccc(CC(=O)O)cc1. The minimum atomic E-state index is -0.864. The van der Waals surface area contributed by atoms with Crippen LogP contribution in [-0.4, -0.2) is 26.1 Å². The number of benzene rings is 1. The Labute approximate surface area is 116 Å². The second-order valence-corrected chi connectivity index (χ2v) is 4.40. The Kier molecular flexibility index (Phi) is 4.11. The van der Waals surface area contributed by atoms with Crippen LogP contribution in [0.4, 0.5) is 0 Å². The lowest BCUT2D eigenvalue weighted by Crippen LogP contribution is -2.04. The van der Waals surface area contributed by atoms with Crippen molar-refractivity contribution in [3.8, 4) is 11.8 Å². The van der Waals surface area contributed by atoms with Gasteiger partial charge in [-0.2, -0.15) is 5.26 Å². The maximum atomic E-state index is 10.6. The van der Waals surface area contributed by atoms with Crippen LogP contribution in [0.5, 0.6) is 0 Å². The van der Waals surface area contributed by atoms with Gasteiger partial charge in [0.15, 0.2) is 5.69 Å².